The largest absolute Gasteiger partial charge is 0.387 e. The van der Waals surface area contributed by atoms with Crippen molar-refractivity contribution in [2.24, 2.45) is 0 Å². The van der Waals surface area contributed by atoms with Gasteiger partial charge in [0.2, 0.25) is 0 Å². The van der Waals surface area contributed by atoms with E-state index in [1.165, 1.54) is 0 Å². The van der Waals surface area contributed by atoms with E-state index in [2.05, 4.69) is 15.9 Å². The minimum absolute atomic E-state index is 0.0536. The maximum atomic E-state index is 11.3. The SMILES string of the molecule is CCS(=O)(=O)CC(O)c1cccc(Br)c1. The quantitative estimate of drug-likeness (QED) is 0.922. The zero-order chi connectivity index (χ0) is 11.5. The summed E-state index contributed by atoms with van der Waals surface area (Å²) in [6, 6.07) is 7.02. The molecule has 3 nitrogen and oxygen atoms in total. The van der Waals surface area contributed by atoms with Crippen molar-refractivity contribution in [2.45, 2.75) is 13.0 Å². The van der Waals surface area contributed by atoms with Crippen LogP contribution in [0.5, 0.6) is 0 Å². The highest BCUT2D eigenvalue weighted by molar-refractivity contribution is 9.10. The Balaban J connectivity index is 2.82. The number of benzene rings is 1. The van der Waals surface area contributed by atoms with Gasteiger partial charge in [-0.2, -0.15) is 0 Å². The molecule has 1 aromatic carbocycles. The lowest BCUT2D eigenvalue weighted by Crippen LogP contribution is -2.16. The second-order valence-corrected chi connectivity index (χ2v) is 6.58. The molecule has 84 valence electrons. The molecule has 0 aliphatic heterocycles. The van der Waals surface area contributed by atoms with Gasteiger partial charge in [-0.15, -0.1) is 0 Å². The lowest BCUT2D eigenvalue weighted by Gasteiger charge is -2.10. The molecule has 0 amide bonds. The predicted molar refractivity (Wildman–Crippen MR) is 63.4 cm³/mol. The van der Waals surface area contributed by atoms with Crippen LogP contribution < -0.4 is 0 Å². The Hall–Kier alpha value is -0.390. The first kappa shape index (κ1) is 12.7. The van der Waals surface area contributed by atoms with Crippen LogP contribution in [0.1, 0.15) is 18.6 Å². The minimum atomic E-state index is -3.15. The van der Waals surface area contributed by atoms with E-state index >= 15 is 0 Å². The van der Waals surface area contributed by atoms with Gasteiger partial charge in [0, 0.05) is 10.2 Å². The molecule has 1 unspecified atom stereocenters. The van der Waals surface area contributed by atoms with Crippen molar-refractivity contribution in [1.82, 2.24) is 0 Å². The molecule has 1 aromatic rings. The van der Waals surface area contributed by atoms with Crippen molar-refractivity contribution in [1.29, 1.82) is 0 Å². The van der Waals surface area contributed by atoms with E-state index in [9.17, 15) is 13.5 Å². The van der Waals surface area contributed by atoms with Crippen LogP contribution in [-0.4, -0.2) is 25.0 Å². The van der Waals surface area contributed by atoms with Gasteiger partial charge >= 0.3 is 0 Å². The average molecular weight is 293 g/mol. The first-order chi connectivity index (χ1) is 6.94. The maximum absolute atomic E-state index is 11.3. The van der Waals surface area contributed by atoms with Crippen LogP contribution in [0.3, 0.4) is 0 Å². The number of sulfone groups is 1. The molecule has 0 fully saturated rings. The standard InChI is InChI=1S/C10H13BrO3S/c1-2-15(13,14)7-10(12)8-4-3-5-9(11)6-8/h3-6,10,12H,2,7H2,1H3. The molecule has 1 N–H and O–H groups in total. The molecule has 5 heteroatoms. The molecule has 0 aliphatic rings. The minimum Gasteiger partial charge on any atom is -0.387 e. The Morgan fingerprint density at radius 1 is 1.47 bits per heavy atom. The highest BCUT2D eigenvalue weighted by Crippen LogP contribution is 2.19. The Bertz CT molecular complexity index is 428. The van der Waals surface area contributed by atoms with E-state index in [1.54, 1.807) is 25.1 Å². The van der Waals surface area contributed by atoms with Crippen molar-refractivity contribution in [3.63, 3.8) is 0 Å². The molecular formula is C10H13BrO3S. The van der Waals surface area contributed by atoms with Crippen LogP contribution in [0.25, 0.3) is 0 Å². The predicted octanol–water partition coefficient (Wildman–Crippen LogP) is 1.92. The molecule has 0 saturated heterocycles. The number of hydrogen-bond donors (Lipinski definition) is 1. The average Bonchev–Trinajstić information content (AvgIpc) is 2.17. The van der Waals surface area contributed by atoms with Crippen molar-refractivity contribution in [2.75, 3.05) is 11.5 Å². The second kappa shape index (κ2) is 5.09. The summed E-state index contributed by atoms with van der Waals surface area (Å²) < 4.78 is 23.4. The highest BCUT2D eigenvalue weighted by atomic mass is 79.9. The number of aliphatic hydroxyl groups excluding tert-OH is 1. The van der Waals surface area contributed by atoms with Gasteiger partial charge in [-0.1, -0.05) is 35.0 Å². The Labute approximate surface area is 98.2 Å². The molecule has 0 aliphatic carbocycles. The summed E-state index contributed by atoms with van der Waals surface area (Å²) in [6.07, 6.45) is -0.951. The zero-order valence-electron chi connectivity index (χ0n) is 8.35. The fraction of sp³-hybridized carbons (Fsp3) is 0.400. The van der Waals surface area contributed by atoms with Crippen LogP contribution in [-0.2, 0) is 9.84 Å². The topological polar surface area (TPSA) is 54.4 Å². The fourth-order valence-electron chi connectivity index (χ4n) is 1.17. The third-order valence-electron chi connectivity index (χ3n) is 2.09. The highest BCUT2D eigenvalue weighted by Gasteiger charge is 2.16. The monoisotopic (exact) mass is 292 g/mol. The third-order valence-corrected chi connectivity index (χ3v) is 4.28. The molecule has 0 radical (unpaired) electrons. The first-order valence-electron chi connectivity index (χ1n) is 4.58. The summed E-state index contributed by atoms with van der Waals surface area (Å²) in [6.45, 7) is 1.57. The Morgan fingerprint density at radius 2 is 2.13 bits per heavy atom. The maximum Gasteiger partial charge on any atom is 0.152 e. The summed E-state index contributed by atoms with van der Waals surface area (Å²) in [5.41, 5.74) is 0.612. The number of rotatable bonds is 4. The van der Waals surface area contributed by atoms with Gasteiger partial charge in [-0.05, 0) is 17.7 Å². The lowest BCUT2D eigenvalue weighted by atomic mass is 10.1. The molecule has 15 heavy (non-hydrogen) atoms. The third kappa shape index (κ3) is 3.93. The summed E-state index contributed by atoms with van der Waals surface area (Å²) in [5.74, 6) is -0.169. The van der Waals surface area contributed by atoms with Gasteiger partial charge in [0.25, 0.3) is 0 Å². The number of aliphatic hydroxyl groups is 1. The summed E-state index contributed by atoms with van der Waals surface area (Å²) in [4.78, 5) is 0. The summed E-state index contributed by atoms with van der Waals surface area (Å²) in [7, 11) is -3.15. The fourth-order valence-corrected chi connectivity index (χ4v) is 2.49. The molecular weight excluding hydrogens is 280 g/mol. The summed E-state index contributed by atoms with van der Waals surface area (Å²) >= 11 is 3.27. The smallest absolute Gasteiger partial charge is 0.152 e. The van der Waals surface area contributed by atoms with E-state index in [4.69, 9.17) is 0 Å². The van der Waals surface area contributed by atoms with Gasteiger partial charge in [-0.3, -0.25) is 0 Å². The van der Waals surface area contributed by atoms with Crippen LogP contribution in [0, 0.1) is 0 Å². The van der Waals surface area contributed by atoms with Crippen molar-refractivity contribution >= 4 is 25.8 Å². The molecule has 0 bridgehead atoms. The first-order valence-corrected chi connectivity index (χ1v) is 7.20. The van der Waals surface area contributed by atoms with Gasteiger partial charge in [0.1, 0.15) is 0 Å². The van der Waals surface area contributed by atoms with E-state index in [0.29, 0.717) is 5.56 Å². The molecule has 1 rings (SSSR count). The van der Waals surface area contributed by atoms with Crippen molar-refractivity contribution in [3.05, 3.63) is 34.3 Å². The normalized spacial score (nSPS) is 13.8. The Morgan fingerprint density at radius 3 is 2.67 bits per heavy atom. The zero-order valence-corrected chi connectivity index (χ0v) is 10.8. The van der Waals surface area contributed by atoms with Gasteiger partial charge < -0.3 is 5.11 Å². The lowest BCUT2D eigenvalue weighted by molar-refractivity contribution is 0.201. The molecule has 0 aromatic heterocycles. The second-order valence-electron chi connectivity index (χ2n) is 3.27. The number of hydrogen-bond acceptors (Lipinski definition) is 3. The van der Waals surface area contributed by atoms with Gasteiger partial charge in [0.15, 0.2) is 9.84 Å². The van der Waals surface area contributed by atoms with Crippen LogP contribution in [0.2, 0.25) is 0 Å². The van der Waals surface area contributed by atoms with Gasteiger partial charge in [-0.25, -0.2) is 8.42 Å². The van der Waals surface area contributed by atoms with E-state index in [1.807, 2.05) is 6.07 Å². The van der Waals surface area contributed by atoms with Gasteiger partial charge in [0.05, 0.1) is 11.9 Å². The van der Waals surface area contributed by atoms with E-state index in [0.717, 1.165) is 4.47 Å². The number of halogens is 1. The molecule has 0 spiro atoms. The molecule has 1 atom stereocenters. The molecule has 0 saturated carbocycles. The van der Waals surface area contributed by atoms with Crippen molar-refractivity contribution < 1.29 is 13.5 Å². The van der Waals surface area contributed by atoms with Crippen LogP contribution >= 0.6 is 15.9 Å². The van der Waals surface area contributed by atoms with Crippen molar-refractivity contribution in [3.8, 4) is 0 Å². The van der Waals surface area contributed by atoms with E-state index < -0.39 is 15.9 Å². The molecule has 0 heterocycles. The van der Waals surface area contributed by atoms with Crippen LogP contribution in [0.15, 0.2) is 28.7 Å². The Kier molecular flexibility index (Phi) is 4.31. The van der Waals surface area contributed by atoms with E-state index in [-0.39, 0.29) is 11.5 Å². The summed E-state index contributed by atoms with van der Waals surface area (Å²) in [5, 5.41) is 9.71. The van der Waals surface area contributed by atoms with Crippen LogP contribution in [0.4, 0.5) is 0 Å².